The maximum absolute atomic E-state index is 11.9. The van der Waals surface area contributed by atoms with E-state index >= 15 is 0 Å². The van der Waals surface area contributed by atoms with Gasteiger partial charge >= 0.3 is 0 Å². The Morgan fingerprint density at radius 3 is 2.57 bits per heavy atom. The van der Waals surface area contributed by atoms with Gasteiger partial charge in [-0.3, -0.25) is 4.79 Å². The van der Waals surface area contributed by atoms with Gasteiger partial charge < -0.3 is 9.80 Å². The minimum absolute atomic E-state index is 0.126. The lowest BCUT2D eigenvalue weighted by molar-refractivity contribution is -0.136. The van der Waals surface area contributed by atoms with Crippen molar-refractivity contribution in [2.45, 2.75) is 33.2 Å². The lowest BCUT2D eigenvalue weighted by Gasteiger charge is -2.29. The summed E-state index contributed by atoms with van der Waals surface area (Å²) >= 11 is 0. The van der Waals surface area contributed by atoms with E-state index in [1.54, 1.807) is 0 Å². The van der Waals surface area contributed by atoms with Crippen LogP contribution in [0.5, 0.6) is 0 Å². The smallest absolute Gasteiger partial charge is 0.225 e. The molecule has 0 spiro atoms. The van der Waals surface area contributed by atoms with Crippen LogP contribution in [0.2, 0.25) is 0 Å². The van der Waals surface area contributed by atoms with E-state index in [9.17, 15) is 4.79 Å². The zero-order chi connectivity index (χ0) is 10.7. The van der Waals surface area contributed by atoms with Crippen LogP contribution < -0.4 is 0 Å². The van der Waals surface area contributed by atoms with Crippen LogP contribution in [-0.2, 0) is 4.79 Å². The molecule has 1 saturated heterocycles. The van der Waals surface area contributed by atoms with Crippen LogP contribution in [0.4, 0.5) is 0 Å². The molecule has 1 rings (SSSR count). The summed E-state index contributed by atoms with van der Waals surface area (Å²) in [5.74, 6) is 0.425. The molecule has 3 nitrogen and oxygen atoms in total. The molecule has 0 bridgehead atoms. The molecule has 82 valence electrons. The molecule has 1 aliphatic rings. The minimum atomic E-state index is 0.126. The van der Waals surface area contributed by atoms with E-state index in [1.165, 1.54) is 0 Å². The Morgan fingerprint density at radius 1 is 1.36 bits per heavy atom. The molecule has 1 aliphatic heterocycles. The summed E-state index contributed by atoms with van der Waals surface area (Å²) in [6.45, 7) is 9.11. The molecular formula is C11H22N2O. The lowest BCUT2D eigenvalue weighted by atomic mass is 10.1. The van der Waals surface area contributed by atoms with Crippen molar-refractivity contribution in [1.82, 2.24) is 9.80 Å². The van der Waals surface area contributed by atoms with Crippen LogP contribution in [0.3, 0.4) is 0 Å². The van der Waals surface area contributed by atoms with E-state index in [2.05, 4.69) is 18.9 Å². The Labute approximate surface area is 87.1 Å². The average Bonchev–Trinajstić information content (AvgIpc) is 2.25. The van der Waals surface area contributed by atoms with Gasteiger partial charge in [-0.2, -0.15) is 0 Å². The van der Waals surface area contributed by atoms with Gasteiger partial charge in [-0.15, -0.1) is 0 Å². The molecule has 14 heavy (non-hydrogen) atoms. The van der Waals surface area contributed by atoms with Gasteiger partial charge in [0.2, 0.25) is 5.91 Å². The third-order valence-corrected chi connectivity index (χ3v) is 2.82. The predicted molar refractivity (Wildman–Crippen MR) is 58.1 cm³/mol. The van der Waals surface area contributed by atoms with Crippen LogP contribution in [0, 0.1) is 5.92 Å². The van der Waals surface area contributed by atoms with E-state index in [0.717, 1.165) is 26.1 Å². The summed E-state index contributed by atoms with van der Waals surface area (Å²) in [5, 5.41) is 0. The fraction of sp³-hybridized carbons (Fsp3) is 0.909. The van der Waals surface area contributed by atoms with E-state index in [4.69, 9.17) is 0 Å². The molecule has 1 heterocycles. The fourth-order valence-corrected chi connectivity index (χ4v) is 2.03. The summed E-state index contributed by atoms with van der Waals surface area (Å²) in [5.41, 5.74) is 0. The highest BCUT2D eigenvalue weighted by atomic mass is 16.2. The first-order valence-electron chi connectivity index (χ1n) is 5.51. The maximum atomic E-state index is 11.9. The summed E-state index contributed by atoms with van der Waals surface area (Å²) in [4.78, 5) is 16.2. The monoisotopic (exact) mass is 198 g/mol. The molecule has 0 aromatic rings. The molecule has 1 unspecified atom stereocenters. The van der Waals surface area contributed by atoms with Gasteiger partial charge in [0.15, 0.2) is 0 Å². The van der Waals surface area contributed by atoms with Gasteiger partial charge in [-0.05, 0) is 26.9 Å². The number of likely N-dealkylation sites (N-methyl/N-ethyl adjacent to an activating group) is 1. The van der Waals surface area contributed by atoms with Crippen molar-refractivity contribution in [3.63, 3.8) is 0 Å². The number of hydrogen-bond donors (Lipinski definition) is 0. The van der Waals surface area contributed by atoms with Crippen LogP contribution in [0.15, 0.2) is 0 Å². The van der Waals surface area contributed by atoms with Gasteiger partial charge in [0.25, 0.3) is 0 Å². The first kappa shape index (κ1) is 11.5. The zero-order valence-electron chi connectivity index (χ0n) is 9.79. The molecule has 0 saturated carbocycles. The molecule has 0 aliphatic carbocycles. The van der Waals surface area contributed by atoms with Gasteiger partial charge in [-0.1, -0.05) is 13.8 Å². The van der Waals surface area contributed by atoms with E-state index in [-0.39, 0.29) is 5.92 Å². The standard InChI is InChI=1S/C11H22N2O/c1-9(2)11(14)13-7-5-6-12(4)8-10(13)3/h9-10H,5-8H2,1-4H3. The molecule has 1 fully saturated rings. The Balaban J connectivity index is 2.63. The highest BCUT2D eigenvalue weighted by Crippen LogP contribution is 2.12. The summed E-state index contributed by atoms with van der Waals surface area (Å²) < 4.78 is 0. The van der Waals surface area contributed by atoms with Crippen LogP contribution >= 0.6 is 0 Å². The number of nitrogens with zero attached hydrogens (tertiary/aromatic N) is 2. The molecule has 0 aromatic heterocycles. The summed E-state index contributed by atoms with van der Waals surface area (Å²) in [6.07, 6.45) is 1.10. The number of carbonyl (C=O) groups excluding carboxylic acids is 1. The zero-order valence-corrected chi connectivity index (χ0v) is 9.79. The molecule has 3 heteroatoms. The van der Waals surface area contributed by atoms with E-state index in [1.807, 2.05) is 18.7 Å². The van der Waals surface area contributed by atoms with Crippen molar-refractivity contribution in [3.05, 3.63) is 0 Å². The number of hydrogen-bond acceptors (Lipinski definition) is 2. The molecule has 0 N–H and O–H groups in total. The second-order valence-electron chi connectivity index (χ2n) is 4.65. The van der Waals surface area contributed by atoms with Crippen molar-refractivity contribution in [2.24, 2.45) is 5.92 Å². The fourth-order valence-electron chi connectivity index (χ4n) is 2.03. The molecule has 0 aromatic carbocycles. The topological polar surface area (TPSA) is 23.6 Å². The third-order valence-electron chi connectivity index (χ3n) is 2.82. The SMILES string of the molecule is CC(C)C(=O)N1CCCN(C)CC1C. The van der Waals surface area contributed by atoms with Gasteiger partial charge in [0.05, 0.1) is 0 Å². The molecule has 1 amide bonds. The summed E-state index contributed by atoms with van der Waals surface area (Å²) in [7, 11) is 2.12. The highest BCUT2D eigenvalue weighted by Gasteiger charge is 2.25. The molecule has 1 atom stereocenters. The Morgan fingerprint density at radius 2 is 2.00 bits per heavy atom. The summed E-state index contributed by atoms with van der Waals surface area (Å²) in [6, 6.07) is 0.359. The van der Waals surface area contributed by atoms with E-state index < -0.39 is 0 Å². The van der Waals surface area contributed by atoms with Crippen LogP contribution in [0.25, 0.3) is 0 Å². The van der Waals surface area contributed by atoms with Crippen LogP contribution in [-0.4, -0.2) is 48.4 Å². The average molecular weight is 198 g/mol. The van der Waals surface area contributed by atoms with Gasteiger partial charge in [0, 0.05) is 25.0 Å². The van der Waals surface area contributed by atoms with Crippen molar-refractivity contribution in [3.8, 4) is 0 Å². The first-order chi connectivity index (χ1) is 6.52. The van der Waals surface area contributed by atoms with Crippen molar-refractivity contribution < 1.29 is 4.79 Å². The Hall–Kier alpha value is -0.570. The lowest BCUT2D eigenvalue weighted by Crippen LogP contribution is -2.43. The first-order valence-corrected chi connectivity index (χ1v) is 5.51. The minimum Gasteiger partial charge on any atom is -0.338 e. The maximum Gasteiger partial charge on any atom is 0.225 e. The third kappa shape index (κ3) is 2.71. The van der Waals surface area contributed by atoms with Crippen LogP contribution in [0.1, 0.15) is 27.2 Å². The quantitative estimate of drug-likeness (QED) is 0.632. The second-order valence-corrected chi connectivity index (χ2v) is 4.65. The Kier molecular flexibility index (Phi) is 3.93. The number of amides is 1. The van der Waals surface area contributed by atoms with Crippen molar-refractivity contribution in [2.75, 3.05) is 26.7 Å². The van der Waals surface area contributed by atoms with Gasteiger partial charge in [0.1, 0.15) is 0 Å². The van der Waals surface area contributed by atoms with Crippen molar-refractivity contribution in [1.29, 1.82) is 0 Å². The van der Waals surface area contributed by atoms with Crippen molar-refractivity contribution >= 4 is 5.91 Å². The Bertz CT molecular complexity index is 203. The number of carbonyl (C=O) groups is 1. The largest absolute Gasteiger partial charge is 0.338 e. The molecule has 0 radical (unpaired) electrons. The van der Waals surface area contributed by atoms with E-state index in [0.29, 0.717) is 11.9 Å². The van der Waals surface area contributed by atoms with Gasteiger partial charge in [-0.25, -0.2) is 0 Å². The normalized spacial score (nSPS) is 25.2. The predicted octanol–water partition coefficient (Wildman–Crippen LogP) is 1.19. The molecular weight excluding hydrogens is 176 g/mol. The number of rotatable bonds is 1. The highest BCUT2D eigenvalue weighted by molar-refractivity contribution is 5.78. The second kappa shape index (κ2) is 4.78.